The number of rotatable bonds is 8. The van der Waals surface area contributed by atoms with Crippen LogP contribution in [0.1, 0.15) is 6.92 Å². The largest absolute Gasteiger partial charge is 0.370 e. The molecule has 1 unspecified atom stereocenters. The molecular formula is C19H25N3O3S. The minimum Gasteiger partial charge on any atom is -0.370 e. The van der Waals surface area contributed by atoms with Gasteiger partial charge in [0, 0.05) is 31.9 Å². The number of likely N-dealkylation sites (N-methyl/N-ethyl adjacent to an activating group) is 1. The number of nitrogens with zero attached hydrogens (tertiary/aromatic N) is 1. The first-order valence-electron chi connectivity index (χ1n) is 8.47. The number of hydrogen-bond donors (Lipinski definition) is 2. The van der Waals surface area contributed by atoms with Gasteiger partial charge in [-0.2, -0.15) is 0 Å². The molecule has 0 aliphatic heterocycles. The molecule has 0 saturated heterocycles. The van der Waals surface area contributed by atoms with Crippen LogP contribution < -0.4 is 15.5 Å². The third-order valence-electron chi connectivity index (χ3n) is 4.14. The van der Waals surface area contributed by atoms with E-state index in [0.717, 1.165) is 5.69 Å². The number of sulfone groups is 1. The van der Waals surface area contributed by atoms with Gasteiger partial charge in [0.15, 0.2) is 9.84 Å². The van der Waals surface area contributed by atoms with E-state index in [0.29, 0.717) is 6.54 Å². The van der Waals surface area contributed by atoms with Crippen molar-refractivity contribution in [3.63, 3.8) is 0 Å². The molecule has 26 heavy (non-hydrogen) atoms. The van der Waals surface area contributed by atoms with Crippen molar-refractivity contribution in [2.45, 2.75) is 17.9 Å². The smallest absolute Gasteiger partial charge is 0.314 e. The summed E-state index contributed by atoms with van der Waals surface area (Å²) in [4.78, 5) is 14.2. The second kappa shape index (κ2) is 9.24. The Balaban J connectivity index is 1.74. The summed E-state index contributed by atoms with van der Waals surface area (Å²) in [5.41, 5.74) is 1.07. The lowest BCUT2D eigenvalue weighted by atomic mass is 10.2. The molecule has 0 aliphatic carbocycles. The second-order valence-electron chi connectivity index (χ2n) is 6.06. The summed E-state index contributed by atoms with van der Waals surface area (Å²) in [7, 11) is -1.42. The molecule has 0 radical (unpaired) electrons. The monoisotopic (exact) mass is 375 g/mol. The van der Waals surface area contributed by atoms with E-state index in [1.165, 1.54) is 0 Å². The zero-order valence-electron chi connectivity index (χ0n) is 15.1. The summed E-state index contributed by atoms with van der Waals surface area (Å²) >= 11 is 0. The molecule has 7 heteroatoms. The number of para-hydroxylation sites is 1. The lowest BCUT2D eigenvalue weighted by molar-refractivity contribution is 0.241. The van der Waals surface area contributed by atoms with Gasteiger partial charge in [0.1, 0.15) is 0 Å². The molecule has 0 saturated carbocycles. The molecule has 140 valence electrons. The predicted molar refractivity (Wildman–Crippen MR) is 104 cm³/mol. The number of anilines is 1. The lowest BCUT2D eigenvalue weighted by Crippen LogP contribution is -2.45. The third-order valence-corrected chi connectivity index (χ3v) is 5.87. The number of carbonyl (C=O) groups excluding carboxylic acids is 1. The quantitative estimate of drug-likeness (QED) is 0.742. The molecule has 0 fully saturated rings. The highest BCUT2D eigenvalue weighted by Gasteiger charge is 2.15. The van der Waals surface area contributed by atoms with Crippen molar-refractivity contribution in [2.24, 2.45) is 0 Å². The van der Waals surface area contributed by atoms with Crippen molar-refractivity contribution < 1.29 is 13.2 Å². The van der Waals surface area contributed by atoms with E-state index >= 15 is 0 Å². The summed E-state index contributed by atoms with van der Waals surface area (Å²) < 4.78 is 24.3. The first-order valence-corrected chi connectivity index (χ1v) is 10.1. The highest BCUT2D eigenvalue weighted by Crippen LogP contribution is 2.13. The Bertz CT molecular complexity index is 795. The Morgan fingerprint density at radius 3 is 2.19 bits per heavy atom. The molecule has 0 bridgehead atoms. The Hall–Kier alpha value is -2.54. The molecule has 0 aliphatic rings. The number of amides is 2. The van der Waals surface area contributed by atoms with Crippen LogP contribution in [0, 0.1) is 0 Å². The van der Waals surface area contributed by atoms with E-state index in [1.807, 2.05) is 44.3 Å². The van der Waals surface area contributed by atoms with Crippen LogP contribution in [0.3, 0.4) is 0 Å². The van der Waals surface area contributed by atoms with Crippen LogP contribution in [-0.4, -0.2) is 46.4 Å². The van der Waals surface area contributed by atoms with Crippen LogP contribution >= 0.6 is 0 Å². The molecular weight excluding hydrogens is 350 g/mol. The molecule has 2 rings (SSSR count). The third kappa shape index (κ3) is 5.77. The zero-order chi connectivity index (χ0) is 19.0. The number of nitrogens with one attached hydrogen (secondary N) is 2. The maximum atomic E-state index is 12.1. The van der Waals surface area contributed by atoms with Crippen molar-refractivity contribution in [1.29, 1.82) is 0 Å². The van der Waals surface area contributed by atoms with Crippen LogP contribution in [0.4, 0.5) is 10.5 Å². The fraction of sp³-hybridized carbons (Fsp3) is 0.316. The van der Waals surface area contributed by atoms with Gasteiger partial charge in [0.05, 0.1) is 10.6 Å². The van der Waals surface area contributed by atoms with Gasteiger partial charge in [-0.1, -0.05) is 36.4 Å². The number of carbonyl (C=O) groups is 1. The topological polar surface area (TPSA) is 78.5 Å². The molecule has 0 spiro atoms. The average Bonchev–Trinajstić information content (AvgIpc) is 2.66. The van der Waals surface area contributed by atoms with Gasteiger partial charge in [0.25, 0.3) is 0 Å². The summed E-state index contributed by atoms with van der Waals surface area (Å²) in [6.45, 7) is 2.52. The summed E-state index contributed by atoms with van der Waals surface area (Å²) in [6.07, 6.45) is 0. The number of benzene rings is 2. The standard InChI is InChI=1S/C19H25N3O3S/c1-16(22(2)17-9-5-3-6-10-17)15-21-19(23)20-13-14-26(24,25)18-11-7-4-8-12-18/h3-12,16H,13-15H2,1-2H3,(H2,20,21,23). The highest BCUT2D eigenvalue weighted by molar-refractivity contribution is 7.91. The Labute approximate surface area is 155 Å². The summed E-state index contributed by atoms with van der Waals surface area (Å²) in [6, 6.07) is 17.8. The second-order valence-corrected chi connectivity index (χ2v) is 8.17. The SMILES string of the molecule is CC(CNC(=O)NCCS(=O)(=O)c1ccccc1)N(C)c1ccccc1. The normalized spacial score (nSPS) is 12.2. The minimum absolute atomic E-state index is 0.0615. The van der Waals surface area contributed by atoms with E-state index in [4.69, 9.17) is 0 Å². The van der Waals surface area contributed by atoms with Crippen LogP contribution in [-0.2, 0) is 9.84 Å². The van der Waals surface area contributed by atoms with E-state index in [1.54, 1.807) is 30.3 Å². The van der Waals surface area contributed by atoms with Gasteiger partial charge >= 0.3 is 6.03 Å². The minimum atomic E-state index is -3.39. The first-order chi connectivity index (χ1) is 12.4. The average molecular weight is 375 g/mol. The maximum absolute atomic E-state index is 12.1. The Kier molecular flexibility index (Phi) is 7.03. The van der Waals surface area contributed by atoms with Gasteiger partial charge in [0.2, 0.25) is 0 Å². The van der Waals surface area contributed by atoms with Crippen molar-refractivity contribution in [3.8, 4) is 0 Å². The van der Waals surface area contributed by atoms with Crippen molar-refractivity contribution in [1.82, 2.24) is 10.6 Å². The van der Waals surface area contributed by atoms with Crippen molar-refractivity contribution >= 4 is 21.6 Å². The molecule has 2 aromatic carbocycles. The fourth-order valence-corrected chi connectivity index (χ4v) is 3.58. The van der Waals surface area contributed by atoms with Gasteiger partial charge in [-0.15, -0.1) is 0 Å². The van der Waals surface area contributed by atoms with Crippen LogP contribution in [0.25, 0.3) is 0 Å². The first kappa shape index (κ1) is 19.8. The predicted octanol–water partition coefficient (Wildman–Crippen LogP) is 2.28. The van der Waals surface area contributed by atoms with E-state index in [9.17, 15) is 13.2 Å². The van der Waals surface area contributed by atoms with Gasteiger partial charge in [-0.3, -0.25) is 0 Å². The molecule has 0 heterocycles. The summed E-state index contributed by atoms with van der Waals surface area (Å²) in [5, 5.41) is 5.37. The van der Waals surface area contributed by atoms with Crippen LogP contribution in [0.15, 0.2) is 65.6 Å². The molecule has 2 aromatic rings. The Morgan fingerprint density at radius 2 is 1.58 bits per heavy atom. The molecule has 0 aromatic heterocycles. The van der Waals surface area contributed by atoms with E-state index in [-0.39, 0.29) is 29.3 Å². The molecule has 6 nitrogen and oxygen atoms in total. The van der Waals surface area contributed by atoms with Crippen LogP contribution in [0.5, 0.6) is 0 Å². The van der Waals surface area contributed by atoms with Gasteiger partial charge in [-0.25, -0.2) is 13.2 Å². The molecule has 1 atom stereocenters. The van der Waals surface area contributed by atoms with E-state index < -0.39 is 9.84 Å². The van der Waals surface area contributed by atoms with E-state index in [2.05, 4.69) is 15.5 Å². The van der Waals surface area contributed by atoms with Crippen molar-refractivity contribution in [2.75, 3.05) is 30.8 Å². The molecule has 2 amide bonds. The molecule has 2 N–H and O–H groups in total. The van der Waals surface area contributed by atoms with Gasteiger partial charge in [-0.05, 0) is 31.2 Å². The summed E-state index contributed by atoms with van der Waals surface area (Å²) in [5.74, 6) is -0.135. The highest BCUT2D eigenvalue weighted by atomic mass is 32.2. The van der Waals surface area contributed by atoms with Crippen LogP contribution in [0.2, 0.25) is 0 Å². The fourth-order valence-electron chi connectivity index (χ4n) is 2.40. The zero-order valence-corrected chi connectivity index (χ0v) is 15.9. The Morgan fingerprint density at radius 1 is 1.00 bits per heavy atom. The maximum Gasteiger partial charge on any atom is 0.314 e. The van der Waals surface area contributed by atoms with Crippen molar-refractivity contribution in [3.05, 3.63) is 60.7 Å². The number of hydrogen-bond acceptors (Lipinski definition) is 4. The lowest BCUT2D eigenvalue weighted by Gasteiger charge is -2.27. The van der Waals surface area contributed by atoms with Gasteiger partial charge < -0.3 is 15.5 Å². The number of urea groups is 1.